The summed E-state index contributed by atoms with van der Waals surface area (Å²) in [6.45, 7) is 1.03. The van der Waals surface area contributed by atoms with Gasteiger partial charge in [-0.25, -0.2) is 4.98 Å². The predicted molar refractivity (Wildman–Crippen MR) is 115 cm³/mol. The second kappa shape index (κ2) is 8.35. The number of hydrogen-bond acceptors (Lipinski definition) is 8. The summed E-state index contributed by atoms with van der Waals surface area (Å²) in [6, 6.07) is 13.3. The van der Waals surface area contributed by atoms with E-state index in [1.807, 2.05) is 30.3 Å². The van der Waals surface area contributed by atoms with E-state index in [1.165, 1.54) is 0 Å². The smallest absolute Gasteiger partial charge is 0.278 e. The first-order valence-corrected chi connectivity index (χ1v) is 10.1. The average molecular weight is 434 g/mol. The lowest BCUT2D eigenvalue weighted by atomic mass is 10.1. The highest BCUT2D eigenvalue weighted by molar-refractivity contribution is 5.63. The predicted octanol–water partition coefficient (Wildman–Crippen LogP) is 3.90. The summed E-state index contributed by atoms with van der Waals surface area (Å²) in [6.07, 6.45) is 1.71. The van der Waals surface area contributed by atoms with E-state index >= 15 is 0 Å². The minimum Gasteiger partial charge on any atom is -0.497 e. The number of imidazole rings is 1. The fraction of sp³-hybridized carbons (Fsp3) is 0.261. The lowest BCUT2D eigenvalue weighted by Crippen LogP contribution is -2.20. The number of aromatic nitrogens is 4. The van der Waals surface area contributed by atoms with Crippen molar-refractivity contribution in [1.29, 1.82) is 0 Å². The van der Waals surface area contributed by atoms with Crippen LogP contribution in [0, 0.1) is 0 Å². The second-order valence-electron chi connectivity index (χ2n) is 7.26. The zero-order valence-corrected chi connectivity index (χ0v) is 17.9. The van der Waals surface area contributed by atoms with Crippen molar-refractivity contribution in [3.63, 3.8) is 0 Å². The van der Waals surface area contributed by atoms with Gasteiger partial charge in [-0.1, -0.05) is 17.3 Å². The molecule has 32 heavy (non-hydrogen) atoms. The zero-order chi connectivity index (χ0) is 22.1. The van der Waals surface area contributed by atoms with E-state index in [-0.39, 0.29) is 6.10 Å². The van der Waals surface area contributed by atoms with Crippen LogP contribution in [0.3, 0.4) is 0 Å². The van der Waals surface area contributed by atoms with Gasteiger partial charge in [0.15, 0.2) is 17.2 Å². The van der Waals surface area contributed by atoms with Crippen LogP contribution in [0.15, 0.2) is 53.3 Å². The van der Waals surface area contributed by atoms with Crippen LogP contribution in [-0.2, 0) is 17.9 Å². The Kier molecular flexibility index (Phi) is 5.24. The van der Waals surface area contributed by atoms with Gasteiger partial charge < -0.3 is 28.0 Å². The van der Waals surface area contributed by atoms with Gasteiger partial charge in [0.1, 0.15) is 11.9 Å². The summed E-state index contributed by atoms with van der Waals surface area (Å²) >= 11 is 0. The monoisotopic (exact) mass is 434 g/mol. The molecule has 0 bridgehead atoms. The minimum absolute atomic E-state index is 0.0690. The van der Waals surface area contributed by atoms with E-state index in [0.717, 1.165) is 22.6 Å². The summed E-state index contributed by atoms with van der Waals surface area (Å²) < 4.78 is 29.6. The first-order chi connectivity index (χ1) is 15.7. The molecule has 3 heterocycles. The molecule has 0 radical (unpaired) electrons. The number of fused-ring (bicyclic) bond motifs is 1. The number of ether oxygens (including phenoxy) is 4. The maximum atomic E-state index is 6.11. The maximum absolute atomic E-state index is 6.11. The number of benzene rings is 2. The quantitative estimate of drug-likeness (QED) is 0.451. The largest absolute Gasteiger partial charge is 0.497 e. The number of methoxy groups -OCH3 is 3. The highest BCUT2D eigenvalue weighted by atomic mass is 16.5. The van der Waals surface area contributed by atoms with Crippen LogP contribution >= 0.6 is 0 Å². The summed E-state index contributed by atoms with van der Waals surface area (Å²) in [4.78, 5) is 9.05. The molecule has 0 N–H and O–H groups in total. The molecule has 1 unspecified atom stereocenters. The molecule has 164 valence electrons. The van der Waals surface area contributed by atoms with Crippen LogP contribution < -0.4 is 14.2 Å². The third-order valence-corrected chi connectivity index (χ3v) is 5.49. The Morgan fingerprint density at radius 3 is 2.53 bits per heavy atom. The molecule has 4 aromatic rings. The van der Waals surface area contributed by atoms with E-state index in [1.54, 1.807) is 39.8 Å². The van der Waals surface area contributed by atoms with Gasteiger partial charge in [0.25, 0.3) is 5.89 Å². The number of nitrogens with zero attached hydrogens (tertiary/aromatic N) is 4. The SMILES string of the molecule is COc1ccc(C2Cn3cnc(-c4nc(-c5ccc(OC)c(OC)c5)no4)c3CO2)cc1. The van der Waals surface area contributed by atoms with E-state index in [0.29, 0.717) is 42.1 Å². The molecule has 1 aliphatic rings. The molecule has 0 saturated carbocycles. The Labute approximate surface area is 184 Å². The maximum Gasteiger partial charge on any atom is 0.278 e. The molecule has 2 aromatic carbocycles. The normalized spacial score (nSPS) is 15.3. The Bertz CT molecular complexity index is 1230. The summed E-state index contributed by atoms with van der Waals surface area (Å²) in [5.74, 6) is 2.82. The van der Waals surface area contributed by atoms with Gasteiger partial charge in [0, 0.05) is 5.56 Å². The first-order valence-electron chi connectivity index (χ1n) is 10.1. The van der Waals surface area contributed by atoms with Crippen molar-refractivity contribution >= 4 is 0 Å². The van der Waals surface area contributed by atoms with Crippen molar-refractivity contribution in [2.24, 2.45) is 0 Å². The molecule has 0 fully saturated rings. The fourth-order valence-corrected chi connectivity index (χ4v) is 3.74. The summed E-state index contributed by atoms with van der Waals surface area (Å²) in [5.41, 5.74) is 3.36. The van der Waals surface area contributed by atoms with Crippen LogP contribution in [0.1, 0.15) is 17.4 Å². The molecule has 1 aliphatic heterocycles. The van der Waals surface area contributed by atoms with Gasteiger partial charge in [-0.2, -0.15) is 4.98 Å². The van der Waals surface area contributed by atoms with Gasteiger partial charge >= 0.3 is 0 Å². The summed E-state index contributed by atoms with van der Waals surface area (Å²) in [5, 5.41) is 4.12. The van der Waals surface area contributed by atoms with Gasteiger partial charge in [0.2, 0.25) is 5.82 Å². The van der Waals surface area contributed by atoms with E-state index in [2.05, 4.69) is 19.7 Å². The van der Waals surface area contributed by atoms with Gasteiger partial charge in [-0.05, 0) is 35.9 Å². The van der Waals surface area contributed by atoms with Crippen molar-refractivity contribution in [3.05, 3.63) is 60.0 Å². The summed E-state index contributed by atoms with van der Waals surface area (Å²) in [7, 11) is 4.83. The molecular weight excluding hydrogens is 412 g/mol. The lowest BCUT2D eigenvalue weighted by molar-refractivity contribution is 0.00328. The van der Waals surface area contributed by atoms with Crippen LogP contribution in [0.5, 0.6) is 17.2 Å². The van der Waals surface area contributed by atoms with E-state index < -0.39 is 0 Å². The van der Waals surface area contributed by atoms with Gasteiger partial charge in [-0.3, -0.25) is 0 Å². The molecule has 0 spiro atoms. The van der Waals surface area contributed by atoms with Crippen LogP contribution in [0.4, 0.5) is 0 Å². The highest BCUT2D eigenvalue weighted by Gasteiger charge is 2.26. The van der Waals surface area contributed by atoms with Crippen LogP contribution in [-0.4, -0.2) is 41.0 Å². The molecule has 9 nitrogen and oxygen atoms in total. The van der Waals surface area contributed by atoms with E-state index in [9.17, 15) is 0 Å². The third kappa shape index (κ3) is 3.56. The van der Waals surface area contributed by atoms with Crippen molar-refractivity contribution in [2.75, 3.05) is 21.3 Å². The van der Waals surface area contributed by atoms with Crippen LogP contribution in [0.2, 0.25) is 0 Å². The second-order valence-corrected chi connectivity index (χ2v) is 7.26. The highest BCUT2D eigenvalue weighted by Crippen LogP contribution is 2.34. The number of hydrogen-bond donors (Lipinski definition) is 0. The van der Waals surface area contributed by atoms with Crippen LogP contribution in [0.25, 0.3) is 23.0 Å². The minimum atomic E-state index is -0.0690. The van der Waals surface area contributed by atoms with Crippen molar-refractivity contribution in [1.82, 2.24) is 19.7 Å². The lowest BCUT2D eigenvalue weighted by Gasteiger charge is -2.25. The number of rotatable bonds is 6. The van der Waals surface area contributed by atoms with Crippen molar-refractivity contribution in [2.45, 2.75) is 19.3 Å². The van der Waals surface area contributed by atoms with Crippen molar-refractivity contribution < 1.29 is 23.5 Å². The molecule has 0 amide bonds. The molecular formula is C23H22N4O5. The standard InChI is InChI=1S/C23H22N4O5/c1-28-16-7-4-14(5-8-16)20-11-27-13-24-21(17(27)12-31-20)23-25-22(26-32-23)15-6-9-18(29-2)19(10-15)30-3/h4-10,13,20H,11-12H2,1-3H3. The van der Waals surface area contributed by atoms with Crippen molar-refractivity contribution in [3.8, 4) is 40.2 Å². The Morgan fingerprint density at radius 2 is 1.78 bits per heavy atom. The Balaban J connectivity index is 1.38. The van der Waals surface area contributed by atoms with Gasteiger partial charge in [-0.15, -0.1) is 0 Å². The van der Waals surface area contributed by atoms with Gasteiger partial charge in [0.05, 0.1) is 46.5 Å². The molecule has 0 aliphatic carbocycles. The molecule has 1 atom stereocenters. The molecule has 2 aromatic heterocycles. The Hall–Kier alpha value is -3.85. The average Bonchev–Trinajstić information content (AvgIpc) is 3.50. The Morgan fingerprint density at radius 1 is 0.969 bits per heavy atom. The zero-order valence-electron chi connectivity index (χ0n) is 17.9. The molecule has 9 heteroatoms. The van der Waals surface area contributed by atoms with E-state index in [4.69, 9.17) is 23.5 Å². The molecule has 0 saturated heterocycles. The fourth-order valence-electron chi connectivity index (χ4n) is 3.74. The first kappa shape index (κ1) is 20.1. The topological polar surface area (TPSA) is 93.7 Å². The molecule has 5 rings (SSSR count). The third-order valence-electron chi connectivity index (χ3n) is 5.49.